The quantitative estimate of drug-likeness (QED) is 0.358. The molecule has 3 aromatic rings. The number of carbonyl (C=O) groups is 1. The van der Waals surface area contributed by atoms with Crippen LogP contribution in [0, 0.1) is 0 Å². The smallest absolute Gasteiger partial charge is 0.276 e. The Labute approximate surface area is 235 Å². The van der Waals surface area contributed by atoms with Gasteiger partial charge < -0.3 is 15.7 Å². The maximum Gasteiger partial charge on any atom is 0.276 e. The minimum Gasteiger partial charge on any atom is -0.395 e. The first-order valence-corrected chi connectivity index (χ1v) is 15.6. The number of amides is 1. The Hall–Kier alpha value is -3.35. The van der Waals surface area contributed by atoms with Gasteiger partial charge in [0.05, 0.1) is 23.7 Å². The van der Waals surface area contributed by atoms with Crippen molar-refractivity contribution in [3.05, 3.63) is 52.3 Å². The van der Waals surface area contributed by atoms with Gasteiger partial charge in [0, 0.05) is 43.6 Å². The first kappa shape index (κ1) is 28.2. The Morgan fingerprint density at radius 2 is 1.82 bits per heavy atom. The lowest BCUT2D eigenvalue weighted by atomic mass is 9.93. The van der Waals surface area contributed by atoms with Crippen LogP contribution in [0.2, 0.25) is 0 Å². The normalized spacial score (nSPS) is 15.9. The van der Waals surface area contributed by atoms with E-state index in [0.717, 1.165) is 52.2 Å². The third kappa shape index (κ3) is 5.48. The Bertz CT molecular complexity index is 1490. The van der Waals surface area contributed by atoms with Crippen LogP contribution in [0.4, 0.5) is 11.6 Å². The molecule has 5 rings (SSSR count). The molecule has 214 valence electrons. The summed E-state index contributed by atoms with van der Waals surface area (Å²) in [5.74, 6) is 0.00267. The summed E-state index contributed by atoms with van der Waals surface area (Å²) in [6, 6.07) is 6.14. The van der Waals surface area contributed by atoms with Gasteiger partial charge in [-0.1, -0.05) is 32.0 Å². The van der Waals surface area contributed by atoms with Crippen LogP contribution < -0.4 is 10.6 Å². The fourth-order valence-electron chi connectivity index (χ4n) is 5.69. The van der Waals surface area contributed by atoms with Gasteiger partial charge in [0.25, 0.3) is 5.91 Å². The number of hydrogen-bond acceptors (Lipinski definition) is 8. The van der Waals surface area contributed by atoms with Crippen molar-refractivity contribution in [2.24, 2.45) is 7.05 Å². The number of aliphatic hydroxyl groups excluding tert-OH is 1. The van der Waals surface area contributed by atoms with Crippen molar-refractivity contribution >= 4 is 27.6 Å². The third-order valence-corrected chi connectivity index (χ3v) is 9.71. The highest BCUT2D eigenvalue weighted by molar-refractivity contribution is 7.89. The van der Waals surface area contributed by atoms with Crippen molar-refractivity contribution in [2.45, 2.75) is 58.4 Å². The summed E-state index contributed by atoms with van der Waals surface area (Å²) in [5, 5.41) is 20.2. The lowest BCUT2D eigenvalue weighted by Crippen LogP contribution is -2.43. The fraction of sp³-hybridized carbons (Fsp3) is 0.500. The molecule has 11 nitrogen and oxygen atoms in total. The molecule has 40 heavy (non-hydrogen) atoms. The van der Waals surface area contributed by atoms with Crippen molar-refractivity contribution in [3.8, 4) is 11.4 Å². The van der Waals surface area contributed by atoms with E-state index < -0.39 is 10.0 Å². The Balaban J connectivity index is 1.36. The average Bonchev–Trinajstić information content (AvgIpc) is 3.30. The first-order valence-electron chi connectivity index (χ1n) is 13.9. The lowest BCUT2D eigenvalue weighted by molar-refractivity contribution is 0.102. The summed E-state index contributed by atoms with van der Waals surface area (Å²) < 4.78 is 27.7. The number of piperidine rings is 1. The van der Waals surface area contributed by atoms with Gasteiger partial charge >= 0.3 is 0 Å². The zero-order chi connectivity index (χ0) is 28.4. The van der Waals surface area contributed by atoms with Gasteiger partial charge in [-0.25, -0.2) is 22.7 Å². The SMILES string of the molecule is CCc1cccc(CC)c1NC(=O)c1nn(C)c2c1CCc1cnc(NC3CCN(S(=O)(=O)CCO)CC3)nc1-2. The number of para-hydroxylation sites is 1. The number of aryl methyl sites for hydroxylation is 4. The van der Waals surface area contributed by atoms with Crippen LogP contribution in [-0.4, -0.2) is 75.0 Å². The predicted octanol–water partition coefficient (Wildman–Crippen LogP) is 2.55. The number of carbonyl (C=O) groups excluding carboxylic acids is 1. The number of aliphatic hydroxyl groups is 1. The van der Waals surface area contributed by atoms with Crippen molar-refractivity contribution in [3.63, 3.8) is 0 Å². The van der Waals surface area contributed by atoms with E-state index in [-0.39, 0.29) is 24.3 Å². The van der Waals surface area contributed by atoms with Gasteiger partial charge in [0.2, 0.25) is 16.0 Å². The van der Waals surface area contributed by atoms with Gasteiger partial charge in [0.1, 0.15) is 0 Å². The molecule has 0 saturated carbocycles. The number of sulfonamides is 1. The van der Waals surface area contributed by atoms with Crippen molar-refractivity contribution < 1.29 is 18.3 Å². The Kier molecular flexibility index (Phi) is 8.20. The first-order chi connectivity index (χ1) is 19.2. The molecule has 12 heteroatoms. The van der Waals surface area contributed by atoms with E-state index >= 15 is 0 Å². The molecule has 0 bridgehead atoms. The van der Waals surface area contributed by atoms with E-state index in [1.54, 1.807) is 4.68 Å². The highest BCUT2D eigenvalue weighted by Crippen LogP contribution is 2.35. The summed E-state index contributed by atoms with van der Waals surface area (Å²) in [4.78, 5) is 22.9. The van der Waals surface area contributed by atoms with Crippen LogP contribution in [0.3, 0.4) is 0 Å². The van der Waals surface area contributed by atoms with Crippen molar-refractivity contribution in [1.29, 1.82) is 0 Å². The summed E-state index contributed by atoms with van der Waals surface area (Å²) >= 11 is 0. The van der Waals surface area contributed by atoms with Gasteiger partial charge in [-0.3, -0.25) is 9.48 Å². The van der Waals surface area contributed by atoms with Crippen LogP contribution >= 0.6 is 0 Å². The molecule has 1 aliphatic heterocycles. The molecule has 1 aromatic carbocycles. The zero-order valence-electron chi connectivity index (χ0n) is 23.3. The molecule has 1 fully saturated rings. The second-order valence-electron chi connectivity index (χ2n) is 10.3. The predicted molar refractivity (Wildman–Crippen MR) is 154 cm³/mol. The molecular formula is C28H37N7O4S. The topological polar surface area (TPSA) is 142 Å². The zero-order valence-corrected chi connectivity index (χ0v) is 24.1. The summed E-state index contributed by atoms with van der Waals surface area (Å²) in [5.41, 5.74) is 6.96. The summed E-state index contributed by atoms with van der Waals surface area (Å²) in [6.07, 6.45) is 6.08. The molecule has 3 N–H and O–H groups in total. The van der Waals surface area contributed by atoms with E-state index in [1.165, 1.54) is 4.31 Å². The highest BCUT2D eigenvalue weighted by Gasteiger charge is 2.31. The van der Waals surface area contributed by atoms with Gasteiger partial charge in [-0.15, -0.1) is 0 Å². The van der Waals surface area contributed by atoms with Crippen molar-refractivity contribution in [2.75, 3.05) is 36.1 Å². The van der Waals surface area contributed by atoms with Crippen LogP contribution in [-0.2, 0) is 42.8 Å². The Morgan fingerprint density at radius 1 is 1.12 bits per heavy atom. The van der Waals surface area contributed by atoms with E-state index in [9.17, 15) is 13.2 Å². The molecule has 1 saturated heterocycles. The van der Waals surface area contributed by atoms with Crippen LogP contribution in [0.1, 0.15) is 59.4 Å². The van der Waals surface area contributed by atoms with Crippen molar-refractivity contribution in [1.82, 2.24) is 24.1 Å². The Morgan fingerprint density at radius 3 is 2.48 bits per heavy atom. The molecule has 1 aliphatic carbocycles. The molecule has 0 unspecified atom stereocenters. The molecular weight excluding hydrogens is 530 g/mol. The average molecular weight is 568 g/mol. The minimum atomic E-state index is -3.43. The molecule has 2 aromatic heterocycles. The number of nitrogens with zero attached hydrogens (tertiary/aromatic N) is 5. The van der Waals surface area contributed by atoms with Gasteiger partial charge in [0.15, 0.2) is 5.69 Å². The number of nitrogens with one attached hydrogen (secondary N) is 2. The number of rotatable bonds is 9. The maximum absolute atomic E-state index is 13.5. The van der Waals surface area contributed by atoms with Gasteiger partial charge in [-0.05, 0) is 55.2 Å². The number of benzene rings is 1. The monoisotopic (exact) mass is 567 g/mol. The fourth-order valence-corrected chi connectivity index (χ4v) is 6.94. The molecule has 2 aliphatic rings. The lowest BCUT2D eigenvalue weighted by Gasteiger charge is -2.31. The second-order valence-corrected chi connectivity index (χ2v) is 12.4. The molecule has 3 heterocycles. The number of hydrogen-bond donors (Lipinski definition) is 3. The summed E-state index contributed by atoms with van der Waals surface area (Å²) in [7, 11) is -1.60. The molecule has 0 spiro atoms. The standard InChI is InChI=1S/C28H37N7O4S/c1-4-18-7-6-8-19(5-2)23(18)31-27(37)25-22-10-9-20-17-29-28(32-24(20)26(22)34(3)33-25)30-21-11-13-35(14-12-21)40(38,39)16-15-36/h6-8,17,21,36H,4-5,9-16H2,1-3H3,(H,31,37)(H,29,30,32). The van der Waals surface area contributed by atoms with E-state index in [4.69, 9.17) is 10.1 Å². The minimum absolute atomic E-state index is 0.0287. The maximum atomic E-state index is 13.5. The molecule has 0 atom stereocenters. The van der Waals surface area contributed by atoms with E-state index in [0.29, 0.717) is 50.4 Å². The third-order valence-electron chi connectivity index (χ3n) is 7.86. The molecule has 0 radical (unpaired) electrons. The summed E-state index contributed by atoms with van der Waals surface area (Å²) in [6.45, 7) is 4.55. The second kappa shape index (κ2) is 11.6. The van der Waals surface area contributed by atoms with Crippen LogP contribution in [0.25, 0.3) is 11.4 Å². The van der Waals surface area contributed by atoms with E-state index in [1.807, 2.05) is 31.4 Å². The number of fused-ring (bicyclic) bond motifs is 3. The van der Waals surface area contributed by atoms with Crippen LogP contribution in [0.5, 0.6) is 0 Å². The van der Waals surface area contributed by atoms with Crippen LogP contribution in [0.15, 0.2) is 24.4 Å². The largest absolute Gasteiger partial charge is 0.395 e. The van der Waals surface area contributed by atoms with E-state index in [2.05, 4.69) is 34.6 Å². The number of aromatic nitrogens is 4. The highest BCUT2D eigenvalue weighted by atomic mass is 32.2. The van der Waals surface area contributed by atoms with Gasteiger partial charge in [-0.2, -0.15) is 5.10 Å². The molecule has 1 amide bonds. The number of anilines is 2.